The molecule has 7 nitrogen and oxygen atoms in total. The number of ether oxygens (including phenoxy) is 1. The molecule has 1 saturated heterocycles. The van der Waals surface area contributed by atoms with Gasteiger partial charge in [-0.15, -0.1) is 0 Å². The summed E-state index contributed by atoms with van der Waals surface area (Å²) in [6.45, 7) is 2.79. The maximum atomic E-state index is 12.7. The molecule has 1 fully saturated rings. The Bertz CT molecular complexity index is 1560. The zero-order valence-corrected chi connectivity index (χ0v) is 20.6. The van der Waals surface area contributed by atoms with Crippen molar-refractivity contribution in [3.63, 3.8) is 0 Å². The third-order valence-corrected chi connectivity index (χ3v) is 6.53. The van der Waals surface area contributed by atoms with Crippen molar-refractivity contribution in [2.75, 3.05) is 11.9 Å². The van der Waals surface area contributed by atoms with Crippen LogP contribution in [0.2, 0.25) is 0 Å². The summed E-state index contributed by atoms with van der Waals surface area (Å²) in [6.07, 6.45) is 8.80. The Balaban J connectivity index is 1.35. The lowest BCUT2D eigenvalue weighted by atomic mass is 10.1. The molecule has 4 aromatic rings. The summed E-state index contributed by atoms with van der Waals surface area (Å²) in [5, 5.41) is 12.3. The zero-order chi connectivity index (χ0) is 25.2. The maximum absolute atomic E-state index is 12.7. The molecule has 0 spiro atoms. The standard InChI is InChI=1S/C30H27N5O2/c1-20-15-16-31-22(18-20)12-14-27-24-13-11-23(19-28(24)35(34-27)29-8-4-5-17-37-29)32-26-7-3-2-6-25(26)30(36)33-21-9-10-21/h2-3,6-7,11-16,18-19,21,29,32H,4-5,8,17H2,1H3,(H,33,36). The molecule has 37 heavy (non-hydrogen) atoms. The van der Waals surface area contributed by atoms with Crippen LogP contribution in [0, 0.1) is 18.8 Å². The van der Waals surface area contributed by atoms with Gasteiger partial charge in [0.1, 0.15) is 0 Å². The number of anilines is 2. The van der Waals surface area contributed by atoms with Crippen LogP contribution < -0.4 is 10.6 Å². The van der Waals surface area contributed by atoms with Crippen LogP contribution >= 0.6 is 0 Å². The van der Waals surface area contributed by atoms with E-state index in [1.807, 2.05) is 59.4 Å². The minimum atomic E-state index is -0.191. The first-order valence-electron chi connectivity index (χ1n) is 12.6. The lowest BCUT2D eigenvalue weighted by molar-refractivity contribution is -0.0367. The Hall–Kier alpha value is -4.41. The molecular formula is C30H27N5O2. The number of benzene rings is 2. The van der Waals surface area contributed by atoms with Crippen molar-refractivity contribution in [3.05, 3.63) is 83.3 Å². The number of para-hydroxylation sites is 1. The number of fused-ring (bicyclic) bond motifs is 1. The second-order valence-electron chi connectivity index (χ2n) is 9.34. The van der Waals surface area contributed by atoms with Crippen molar-refractivity contribution < 1.29 is 9.53 Å². The molecule has 2 aromatic heterocycles. The van der Waals surface area contributed by atoms with Gasteiger partial charge in [0.15, 0.2) is 12.3 Å². The quantitative estimate of drug-likeness (QED) is 0.337. The summed E-state index contributed by atoms with van der Waals surface area (Å²) in [5.41, 5.74) is 6.05. The number of amides is 1. The molecule has 0 saturated carbocycles. The van der Waals surface area contributed by atoms with Crippen molar-refractivity contribution >= 4 is 40.3 Å². The zero-order valence-electron chi connectivity index (χ0n) is 20.6. The van der Waals surface area contributed by atoms with Gasteiger partial charge in [-0.2, -0.15) is 5.10 Å². The van der Waals surface area contributed by atoms with Crippen LogP contribution in [-0.2, 0) is 4.74 Å². The predicted octanol–water partition coefficient (Wildman–Crippen LogP) is 5.47. The number of aryl methyl sites for hydroxylation is 1. The molecule has 0 radical (unpaired) electrons. The van der Waals surface area contributed by atoms with Gasteiger partial charge in [-0.25, -0.2) is 4.68 Å². The summed E-state index contributed by atoms with van der Waals surface area (Å²) in [5.74, 6) is 5.55. The van der Waals surface area contributed by atoms with Gasteiger partial charge in [0, 0.05) is 23.9 Å². The molecule has 3 heterocycles. The van der Waals surface area contributed by atoms with Crippen molar-refractivity contribution in [1.82, 2.24) is 20.1 Å². The van der Waals surface area contributed by atoms with Gasteiger partial charge in [0.2, 0.25) is 0 Å². The Morgan fingerprint density at radius 2 is 2.00 bits per heavy atom. The third kappa shape index (κ3) is 5.11. The van der Waals surface area contributed by atoms with Crippen molar-refractivity contribution in [1.29, 1.82) is 0 Å². The summed E-state index contributed by atoms with van der Waals surface area (Å²) >= 11 is 0. The van der Waals surface area contributed by atoms with E-state index in [2.05, 4.69) is 46.5 Å². The average molecular weight is 490 g/mol. The minimum Gasteiger partial charge on any atom is -0.356 e. The van der Waals surface area contributed by atoms with E-state index >= 15 is 0 Å². The first-order valence-corrected chi connectivity index (χ1v) is 12.6. The summed E-state index contributed by atoms with van der Waals surface area (Å²) in [7, 11) is 0. The van der Waals surface area contributed by atoms with Gasteiger partial charge in [-0.1, -0.05) is 24.0 Å². The van der Waals surface area contributed by atoms with Crippen LogP contribution in [0.15, 0.2) is 60.8 Å². The third-order valence-electron chi connectivity index (χ3n) is 6.53. The van der Waals surface area contributed by atoms with Gasteiger partial charge < -0.3 is 15.4 Å². The number of hydrogen-bond acceptors (Lipinski definition) is 5. The normalized spacial score (nSPS) is 16.9. The number of pyridine rings is 1. The van der Waals surface area contributed by atoms with Crippen molar-refractivity contribution in [3.8, 4) is 11.8 Å². The SMILES string of the molecule is Cc1ccnc(C=Cc2nn(C3CCCCO3)c3cc(Nc4ccccc4C(=O)NC4C#C4)ccc23)c1. The minimum absolute atomic E-state index is 0.109. The van der Waals surface area contributed by atoms with Crippen molar-refractivity contribution in [2.45, 2.75) is 38.5 Å². The Morgan fingerprint density at radius 3 is 2.81 bits per heavy atom. The lowest BCUT2D eigenvalue weighted by Crippen LogP contribution is -2.28. The van der Waals surface area contributed by atoms with E-state index in [0.29, 0.717) is 5.56 Å². The Kier molecular flexibility index (Phi) is 6.17. The molecule has 2 aliphatic rings. The number of nitrogens with zero attached hydrogens (tertiary/aromatic N) is 3. The highest BCUT2D eigenvalue weighted by Crippen LogP contribution is 2.32. The first-order chi connectivity index (χ1) is 18.1. The van der Waals surface area contributed by atoms with Gasteiger partial charge >= 0.3 is 0 Å². The van der Waals surface area contributed by atoms with E-state index in [1.54, 1.807) is 6.07 Å². The number of aromatic nitrogens is 3. The molecule has 184 valence electrons. The molecule has 1 aliphatic heterocycles. The number of rotatable bonds is 7. The second-order valence-corrected chi connectivity index (χ2v) is 9.34. The number of hydrogen-bond donors (Lipinski definition) is 2. The predicted molar refractivity (Wildman–Crippen MR) is 145 cm³/mol. The smallest absolute Gasteiger partial charge is 0.255 e. The fourth-order valence-corrected chi connectivity index (χ4v) is 4.58. The van der Waals surface area contributed by atoms with Gasteiger partial charge in [-0.3, -0.25) is 9.78 Å². The van der Waals surface area contributed by atoms with Gasteiger partial charge in [-0.05, 0) is 86.4 Å². The van der Waals surface area contributed by atoms with Gasteiger partial charge in [0.05, 0.1) is 28.2 Å². The van der Waals surface area contributed by atoms with Crippen LogP contribution in [0.3, 0.4) is 0 Å². The first kappa shape index (κ1) is 23.0. The highest BCUT2D eigenvalue weighted by atomic mass is 16.5. The van der Waals surface area contributed by atoms with E-state index in [0.717, 1.165) is 65.1 Å². The molecular weight excluding hydrogens is 462 g/mol. The van der Waals surface area contributed by atoms with E-state index in [-0.39, 0.29) is 18.2 Å². The largest absolute Gasteiger partial charge is 0.356 e. The molecule has 2 N–H and O–H groups in total. The summed E-state index contributed by atoms with van der Waals surface area (Å²) in [6, 6.07) is 17.5. The van der Waals surface area contributed by atoms with Gasteiger partial charge in [0.25, 0.3) is 5.91 Å². The fourth-order valence-electron chi connectivity index (χ4n) is 4.58. The maximum Gasteiger partial charge on any atom is 0.255 e. The molecule has 1 aliphatic carbocycles. The molecule has 6 rings (SSSR count). The van der Waals surface area contributed by atoms with Crippen molar-refractivity contribution in [2.24, 2.45) is 0 Å². The highest BCUT2D eigenvalue weighted by molar-refractivity contribution is 6.01. The van der Waals surface area contributed by atoms with Crippen LogP contribution in [0.5, 0.6) is 0 Å². The molecule has 0 bridgehead atoms. The highest BCUT2D eigenvalue weighted by Gasteiger charge is 2.21. The molecule has 1 atom stereocenters. The van der Waals surface area contributed by atoms with E-state index < -0.39 is 0 Å². The lowest BCUT2D eigenvalue weighted by Gasteiger charge is -2.23. The summed E-state index contributed by atoms with van der Waals surface area (Å²) < 4.78 is 8.09. The molecule has 2 aromatic carbocycles. The Morgan fingerprint density at radius 1 is 1.11 bits per heavy atom. The van der Waals surface area contributed by atoms with E-state index in [4.69, 9.17) is 9.84 Å². The average Bonchev–Trinajstić information content (AvgIpc) is 3.66. The van der Waals surface area contributed by atoms with Crippen LogP contribution in [-0.4, -0.2) is 33.3 Å². The Labute approximate surface area is 215 Å². The molecule has 1 amide bonds. The summed E-state index contributed by atoms with van der Waals surface area (Å²) in [4.78, 5) is 17.2. The number of nitrogens with one attached hydrogen (secondary N) is 2. The molecule has 1 unspecified atom stereocenters. The van der Waals surface area contributed by atoms with E-state index in [1.165, 1.54) is 0 Å². The van der Waals surface area contributed by atoms with Crippen LogP contribution in [0.4, 0.5) is 11.4 Å². The second kappa shape index (κ2) is 9.92. The number of carbonyl (C=O) groups excluding carboxylic acids is 1. The molecule has 7 heteroatoms. The number of carbonyl (C=O) groups is 1. The van der Waals surface area contributed by atoms with Crippen LogP contribution in [0.1, 0.15) is 52.8 Å². The fraction of sp³-hybridized carbons (Fsp3) is 0.233. The monoisotopic (exact) mass is 489 g/mol. The van der Waals surface area contributed by atoms with Crippen LogP contribution in [0.25, 0.3) is 23.1 Å². The topological polar surface area (TPSA) is 81.1 Å². The van der Waals surface area contributed by atoms with E-state index in [9.17, 15) is 4.79 Å².